The van der Waals surface area contributed by atoms with E-state index < -0.39 is 48.1 Å². The fraction of sp³-hybridized carbons (Fsp3) is 0.472. The highest BCUT2D eigenvalue weighted by molar-refractivity contribution is 5.90. The van der Waals surface area contributed by atoms with Crippen LogP contribution in [0.4, 0.5) is 0 Å². The van der Waals surface area contributed by atoms with Crippen LogP contribution in [0.1, 0.15) is 87.7 Å². The molecule has 0 fully saturated rings. The molecule has 46 heavy (non-hydrogen) atoms. The van der Waals surface area contributed by atoms with E-state index in [0.717, 1.165) is 16.7 Å². The number of esters is 2. The molecule has 0 aliphatic carbocycles. The van der Waals surface area contributed by atoms with Crippen LogP contribution in [0.25, 0.3) is 11.0 Å². The summed E-state index contributed by atoms with van der Waals surface area (Å²) in [5.74, 6) is -1.21. The van der Waals surface area contributed by atoms with Gasteiger partial charge in [-0.25, -0.2) is 9.59 Å². The van der Waals surface area contributed by atoms with Crippen LogP contribution < -0.4 is 10.4 Å². The zero-order valence-corrected chi connectivity index (χ0v) is 26.8. The topological polar surface area (TPSA) is 142 Å². The molecule has 0 saturated carbocycles. The van der Waals surface area contributed by atoms with Crippen molar-refractivity contribution >= 4 is 22.9 Å². The fourth-order valence-corrected chi connectivity index (χ4v) is 6.23. The molecule has 0 spiro atoms. The molecule has 6 rings (SSSR count). The van der Waals surface area contributed by atoms with Gasteiger partial charge in [-0.05, 0) is 89.1 Å². The lowest BCUT2D eigenvalue weighted by Gasteiger charge is -2.43. The molecule has 3 unspecified atom stereocenters. The third-order valence-electron chi connectivity index (χ3n) is 8.75. The van der Waals surface area contributed by atoms with Crippen molar-refractivity contribution in [1.82, 2.24) is 0 Å². The highest BCUT2D eigenvalue weighted by Crippen LogP contribution is 2.47. The molecule has 2 bridgehead atoms. The van der Waals surface area contributed by atoms with E-state index in [1.54, 1.807) is 32.0 Å². The Bertz CT molecular complexity index is 1660. The fourth-order valence-electron chi connectivity index (χ4n) is 6.23. The van der Waals surface area contributed by atoms with E-state index in [9.17, 15) is 19.5 Å². The lowest BCUT2D eigenvalue weighted by atomic mass is 9.86. The number of carbonyl (C=O) groups excluding carboxylic acids is 2. The number of rotatable bonds is 6. The second kappa shape index (κ2) is 14.2. The number of allylic oxidation sites excluding steroid dienone is 1. The van der Waals surface area contributed by atoms with Gasteiger partial charge in [0.15, 0.2) is 12.2 Å². The highest BCUT2D eigenvalue weighted by Gasteiger charge is 2.50. The van der Waals surface area contributed by atoms with Crippen LogP contribution in [0.3, 0.4) is 0 Å². The Morgan fingerprint density at radius 1 is 0.957 bits per heavy atom. The van der Waals surface area contributed by atoms with Crippen molar-refractivity contribution in [1.29, 1.82) is 0 Å². The Kier molecular flexibility index (Phi) is 10.3. The van der Waals surface area contributed by atoms with Crippen LogP contribution in [0, 0.1) is 0 Å². The molecule has 246 valence electrons. The van der Waals surface area contributed by atoms with Crippen LogP contribution in [0.2, 0.25) is 0 Å². The largest absolute Gasteiger partial charge is 0.483 e. The Hall–Kier alpha value is -3.99. The number of aliphatic hydroxyl groups excluding tert-OH is 2. The van der Waals surface area contributed by atoms with E-state index in [-0.39, 0.29) is 37.2 Å². The van der Waals surface area contributed by atoms with Crippen LogP contribution in [0.5, 0.6) is 5.75 Å². The third-order valence-corrected chi connectivity index (χ3v) is 8.75. The minimum Gasteiger partial charge on any atom is -0.483 e. The quantitative estimate of drug-likeness (QED) is 0.161. The summed E-state index contributed by atoms with van der Waals surface area (Å²) in [6.45, 7) is 6.53. The highest BCUT2D eigenvalue weighted by atomic mass is 16.6. The molecule has 0 saturated heterocycles. The van der Waals surface area contributed by atoms with Crippen molar-refractivity contribution in [2.24, 2.45) is 0 Å². The Labute approximate surface area is 267 Å². The number of aryl methyl sites for hydroxylation is 2. The van der Waals surface area contributed by atoms with Crippen molar-refractivity contribution in [3.8, 4) is 5.75 Å². The molecule has 10 heteroatoms. The van der Waals surface area contributed by atoms with Crippen molar-refractivity contribution in [2.75, 3.05) is 20.0 Å². The second-order valence-electron chi connectivity index (χ2n) is 12.7. The monoisotopic (exact) mass is 634 g/mol. The average Bonchev–Trinajstić information content (AvgIpc) is 3.00. The van der Waals surface area contributed by atoms with Crippen molar-refractivity contribution < 1.29 is 43.2 Å². The van der Waals surface area contributed by atoms with E-state index in [4.69, 9.17) is 28.5 Å². The molecule has 3 aromatic rings. The molecule has 3 atom stereocenters. The van der Waals surface area contributed by atoms with Crippen molar-refractivity contribution in [3.05, 3.63) is 86.3 Å². The summed E-state index contributed by atoms with van der Waals surface area (Å²) in [6, 6.07) is 13.3. The SMILES string of the molecule is CC(C)=C1CCc2ccc(cc2)CCCC(=O)OC2c3c(ccc4cc(C(CCO)COCO)c(=O)oc34)OC(C)(C)C2OC1=O. The molecule has 1 aromatic heterocycles. The van der Waals surface area contributed by atoms with Gasteiger partial charge >= 0.3 is 17.6 Å². The normalized spacial score (nSPS) is 20.7. The van der Waals surface area contributed by atoms with Gasteiger partial charge in [-0.1, -0.05) is 29.8 Å². The number of hydrogen-bond acceptors (Lipinski definition) is 10. The van der Waals surface area contributed by atoms with E-state index in [2.05, 4.69) is 12.1 Å². The molecular weight excluding hydrogens is 592 g/mol. The smallest absolute Gasteiger partial charge is 0.339 e. The summed E-state index contributed by atoms with van der Waals surface area (Å²) >= 11 is 0. The van der Waals surface area contributed by atoms with Gasteiger partial charge in [0.2, 0.25) is 0 Å². The zero-order chi connectivity index (χ0) is 33.0. The van der Waals surface area contributed by atoms with E-state index in [0.29, 0.717) is 48.0 Å². The first kappa shape index (κ1) is 33.4. The second-order valence-corrected chi connectivity index (χ2v) is 12.7. The van der Waals surface area contributed by atoms with Crippen LogP contribution >= 0.6 is 0 Å². The molecule has 3 aliphatic heterocycles. The molecule has 0 amide bonds. The summed E-state index contributed by atoms with van der Waals surface area (Å²) in [4.78, 5) is 40.6. The number of benzene rings is 2. The van der Waals surface area contributed by atoms with Crippen LogP contribution in [-0.4, -0.2) is 53.9 Å². The first-order valence-corrected chi connectivity index (χ1v) is 15.8. The lowest BCUT2D eigenvalue weighted by Crippen LogP contribution is -2.52. The minimum absolute atomic E-state index is 0.00447. The van der Waals surface area contributed by atoms with Gasteiger partial charge in [0.1, 0.15) is 23.7 Å². The Morgan fingerprint density at radius 3 is 2.35 bits per heavy atom. The maximum absolute atomic E-state index is 13.8. The summed E-state index contributed by atoms with van der Waals surface area (Å²) in [7, 11) is 0. The van der Waals surface area contributed by atoms with Crippen LogP contribution in [0.15, 0.2) is 62.8 Å². The molecule has 10 nitrogen and oxygen atoms in total. The first-order valence-electron chi connectivity index (χ1n) is 15.8. The molecular formula is C36H42O10. The molecule has 0 radical (unpaired) electrons. The van der Waals surface area contributed by atoms with Gasteiger partial charge in [0.25, 0.3) is 0 Å². The molecule has 2 N–H and O–H groups in total. The first-order chi connectivity index (χ1) is 22.0. The van der Waals surface area contributed by atoms with E-state index in [1.807, 2.05) is 26.0 Å². The standard InChI is InChI=1S/C36H42O10/c1-21(2)26-14-12-23-10-8-22(9-11-23)6-5-7-29(39)43-32-30-28(46-36(3,4)33(32)45-34(26)40)15-13-24-18-27(35(41)44-31(24)30)25(16-17-37)19-42-20-38/h8-11,13,15,18,25,32-33,37-38H,5-7,12,14,16-17,19-20H2,1-4H3. The molecule has 2 aromatic carbocycles. The molecule has 4 heterocycles. The third kappa shape index (κ3) is 7.19. The predicted octanol–water partition coefficient (Wildman–Crippen LogP) is 5.20. The average molecular weight is 635 g/mol. The number of fused-ring (bicyclic) bond motifs is 13. The van der Waals surface area contributed by atoms with Gasteiger partial charge in [-0.15, -0.1) is 0 Å². The lowest BCUT2D eigenvalue weighted by molar-refractivity contribution is -0.188. The van der Waals surface area contributed by atoms with Crippen molar-refractivity contribution in [2.45, 2.75) is 89.9 Å². The maximum atomic E-state index is 13.8. The van der Waals surface area contributed by atoms with E-state index >= 15 is 0 Å². The Morgan fingerprint density at radius 2 is 1.67 bits per heavy atom. The summed E-state index contributed by atoms with van der Waals surface area (Å²) in [5, 5.41) is 19.3. The number of carbonyl (C=O) groups is 2. The Balaban J connectivity index is 1.61. The minimum atomic E-state index is -1.14. The predicted molar refractivity (Wildman–Crippen MR) is 169 cm³/mol. The number of hydrogen-bond donors (Lipinski definition) is 2. The van der Waals surface area contributed by atoms with Gasteiger partial charge < -0.3 is 33.6 Å². The zero-order valence-electron chi connectivity index (χ0n) is 26.8. The van der Waals surface area contributed by atoms with Crippen molar-refractivity contribution in [3.63, 3.8) is 0 Å². The maximum Gasteiger partial charge on any atom is 0.339 e. The summed E-state index contributed by atoms with van der Waals surface area (Å²) < 4.78 is 29.8. The molecule has 3 aliphatic rings. The van der Waals surface area contributed by atoms with E-state index in [1.165, 1.54) is 0 Å². The summed E-state index contributed by atoms with van der Waals surface area (Å²) in [6.07, 6.45) is 0.495. The number of aliphatic hydroxyl groups is 2. The van der Waals surface area contributed by atoms with Gasteiger partial charge in [0.05, 0.1) is 12.2 Å². The number of ether oxygens (including phenoxy) is 4. The van der Waals surface area contributed by atoms with Crippen LogP contribution in [-0.2, 0) is 36.6 Å². The van der Waals surface area contributed by atoms with Gasteiger partial charge in [-0.3, -0.25) is 4.79 Å². The van der Waals surface area contributed by atoms with Gasteiger partial charge in [0, 0.05) is 35.5 Å². The van der Waals surface area contributed by atoms with Gasteiger partial charge in [-0.2, -0.15) is 0 Å². The summed E-state index contributed by atoms with van der Waals surface area (Å²) in [5.41, 5.74) is 2.46.